The molecule has 0 aliphatic carbocycles. The molecule has 1 N–H and O–H groups in total. The molecule has 1 aromatic rings. The van der Waals surface area contributed by atoms with E-state index in [0.29, 0.717) is 6.04 Å². The summed E-state index contributed by atoms with van der Waals surface area (Å²) >= 11 is 6.17. The van der Waals surface area contributed by atoms with Crippen LogP contribution in [0.4, 0.5) is 5.69 Å². The van der Waals surface area contributed by atoms with Crippen molar-refractivity contribution in [2.45, 2.75) is 52.5 Å². The molecule has 0 heterocycles. The zero-order valence-corrected chi connectivity index (χ0v) is 11.3. The molecule has 1 aromatic carbocycles. The molecule has 0 saturated heterocycles. The van der Waals surface area contributed by atoms with Gasteiger partial charge in [-0.15, -0.1) is 0 Å². The maximum absolute atomic E-state index is 6.17. The molecular weight excluding hydrogens is 218 g/mol. The molecule has 90 valence electrons. The molecule has 0 aromatic heterocycles. The Kier molecular flexibility index (Phi) is 5.68. The van der Waals surface area contributed by atoms with E-state index in [-0.39, 0.29) is 0 Å². The third kappa shape index (κ3) is 4.05. The van der Waals surface area contributed by atoms with Gasteiger partial charge in [-0.05, 0) is 37.5 Å². The summed E-state index contributed by atoms with van der Waals surface area (Å²) in [6.45, 7) is 6.54. The predicted octanol–water partition coefficient (Wildman–Crippen LogP) is 5.03. The molecule has 1 atom stereocenters. The van der Waals surface area contributed by atoms with E-state index in [0.717, 1.165) is 17.1 Å². The average molecular weight is 240 g/mol. The SMILES string of the molecule is CCCCC(CC)Nc1cc(C)ccc1Cl. The van der Waals surface area contributed by atoms with Crippen LogP contribution in [0.2, 0.25) is 5.02 Å². The van der Waals surface area contributed by atoms with Crippen molar-refractivity contribution in [3.63, 3.8) is 0 Å². The minimum absolute atomic E-state index is 0.541. The highest BCUT2D eigenvalue weighted by Crippen LogP contribution is 2.24. The van der Waals surface area contributed by atoms with Crippen LogP contribution in [0.1, 0.15) is 45.1 Å². The van der Waals surface area contributed by atoms with E-state index in [4.69, 9.17) is 11.6 Å². The molecule has 16 heavy (non-hydrogen) atoms. The van der Waals surface area contributed by atoms with Crippen LogP contribution < -0.4 is 5.32 Å². The van der Waals surface area contributed by atoms with Crippen LogP contribution in [0, 0.1) is 6.92 Å². The fourth-order valence-corrected chi connectivity index (χ4v) is 1.97. The lowest BCUT2D eigenvalue weighted by Gasteiger charge is -2.19. The number of hydrogen-bond donors (Lipinski definition) is 1. The molecule has 0 saturated carbocycles. The van der Waals surface area contributed by atoms with E-state index in [1.54, 1.807) is 0 Å². The normalized spacial score (nSPS) is 12.5. The van der Waals surface area contributed by atoms with Crippen molar-refractivity contribution < 1.29 is 0 Å². The molecule has 1 nitrogen and oxygen atoms in total. The number of aryl methyl sites for hydroxylation is 1. The van der Waals surface area contributed by atoms with Crippen molar-refractivity contribution >= 4 is 17.3 Å². The van der Waals surface area contributed by atoms with Gasteiger partial charge in [0, 0.05) is 6.04 Å². The number of anilines is 1. The number of nitrogens with one attached hydrogen (secondary N) is 1. The lowest BCUT2D eigenvalue weighted by atomic mass is 10.1. The van der Waals surface area contributed by atoms with Crippen LogP contribution in [0.25, 0.3) is 0 Å². The van der Waals surface area contributed by atoms with Crippen LogP contribution in [0.3, 0.4) is 0 Å². The van der Waals surface area contributed by atoms with E-state index >= 15 is 0 Å². The number of hydrogen-bond acceptors (Lipinski definition) is 1. The van der Waals surface area contributed by atoms with Gasteiger partial charge in [-0.2, -0.15) is 0 Å². The van der Waals surface area contributed by atoms with E-state index in [1.165, 1.54) is 24.8 Å². The topological polar surface area (TPSA) is 12.0 Å². The minimum atomic E-state index is 0.541. The second-order valence-electron chi connectivity index (χ2n) is 4.38. The van der Waals surface area contributed by atoms with Crippen LogP contribution in [0.5, 0.6) is 0 Å². The van der Waals surface area contributed by atoms with Gasteiger partial charge in [0.15, 0.2) is 0 Å². The summed E-state index contributed by atoms with van der Waals surface area (Å²) in [5, 5.41) is 4.36. The monoisotopic (exact) mass is 239 g/mol. The van der Waals surface area contributed by atoms with E-state index in [1.807, 2.05) is 12.1 Å². The minimum Gasteiger partial charge on any atom is -0.381 e. The van der Waals surface area contributed by atoms with Gasteiger partial charge in [-0.3, -0.25) is 0 Å². The molecule has 0 fully saturated rings. The summed E-state index contributed by atoms with van der Waals surface area (Å²) in [6.07, 6.45) is 4.89. The van der Waals surface area contributed by atoms with Gasteiger partial charge in [0.2, 0.25) is 0 Å². The first-order chi connectivity index (χ1) is 7.67. The van der Waals surface area contributed by atoms with E-state index < -0.39 is 0 Å². The molecule has 0 aliphatic heterocycles. The highest BCUT2D eigenvalue weighted by molar-refractivity contribution is 6.33. The Hall–Kier alpha value is -0.690. The van der Waals surface area contributed by atoms with E-state index in [9.17, 15) is 0 Å². The smallest absolute Gasteiger partial charge is 0.0637 e. The Labute approximate surface area is 104 Å². The molecular formula is C14H22ClN. The largest absolute Gasteiger partial charge is 0.381 e. The highest BCUT2D eigenvalue weighted by Gasteiger charge is 2.07. The first kappa shape index (κ1) is 13.4. The Bertz CT molecular complexity index is 323. The van der Waals surface area contributed by atoms with Crippen molar-refractivity contribution in [3.05, 3.63) is 28.8 Å². The summed E-state index contributed by atoms with van der Waals surface area (Å²) in [6, 6.07) is 6.67. The van der Waals surface area contributed by atoms with Crippen molar-refractivity contribution in [3.8, 4) is 0 Å². The Morgan fingerprint density at radius 2 is 2.06 bits per heavy atom. The van der Waals surface area contributed by atoms with Gasteiger partial charge in [-0.1, -0.05) is 44.4 Å². The average Bonchev–Trinajstić information content (AvgIpc) is 2.28. The molecule has 0 amide bonds. The second kappa shape index (κ2) is 6.80. The number of unbranched alkanes of at least 4 members (excludes halogenated alkanes) is 1. The lowest BCUT2D eigenvalue weighted by Crippen LogP contribution is -2.18. The molecule has 1 rings (SSSR count). The summed E-state index contributed by atoms with van der Waals surface area (Å²) in [5.41, 5.74) is 2.32. The molecule has 0 aliphatic rings. The van der Waals surface area contributed by atoms with Crippen molar-refractivity contribution in [2.75, 3.05) is 5.32 Å². The predicted molar refractivity (Wildman–Crippen MR) is 73.4 cm³/mol. The van der Waals surface area contributed by atoms with Crippen LogP contribution in [-0.2, 0) is 0 Å². The third-order valence-electron chi connectivity index (χ3n) is 2.88. The molecule has 0 bridgehead atoms. The fourth-order valence-electron chi connectivity index (χ4n) is 1.80. The van der Waals surface area contributed by atoms with Gasteiger partial charge in [-0.25, -0.2) is 0 Å². The second-order valence-corrected chi connectivity index (χ2v) is 4.78. The quantitative estimate of drug-likeness (QED) is 0.734. The number of rotatable bonds is 6. The number of benzene rings is 1. The highest BCUT2D eigenvalue weighted by atomic mass is 35.5. The zero-order valence-electron chi connectivity index (χ0n) is 10.5. The standard InChI is InChI=1S/C14H22ClN/c1-4-6-7-12(5-2)16-14-10-11(3)8-9-13(14)15/h8-10,12,16H,4-7H2,1-3H3. The van der Waals surface area contributed by atoms with Crippen molar-refractivity contribution in [1.82, 2.24) is 0 Å². The Morgan fingerprint density at radius 1 is 1.31 bits per heavy atom. The van der Waals surface area contributed by atoms with Gasteiger partial charge in [0.25, 0.3) is 0 Å². The summed E-state index contributed by atoms with van der Waals surface area (Å²) in [4.78, 5) is 0. The Balaban J connectivity index is 2.65. The van der Waals surface area contributed by atoms with Gasteiger partial charge >= 0.3 is 0 Å². The van der Waals surface area contributed by atoms with Gasteiger partial charge in [0.1, 0.15) is 0 Å². The summed E-state index contributed by atoms with van der Waals surface area (Å²) in [7, 11) is 0. The lowest BCUT2D eigenvalue weighted by molar-refractivity contribution is 0.593. The van der Waals surface area contributed by atoms with Gasteiger partial charge < -0.3 is 5.32 Å². The van der Waals surface area contributed by atoms with Crippen molar-refractivity contribution in [1.29, 1.82) is 0 Å². The Morgan fingerprint density at radius 3 is 2.69 bits per heavy atom. The zero-order chi connectivity index (χ0) is 12.0. The first-order valence-electron chi connectivity index (χ1n) is 6.20. The summed E-state index contributed by atoms with van der Waals surface area (Å²) in [5.74, 6) is 0. The van der Waals surface area contributed by atoms with Gasteiger partial charge in [0.05, 0.1) is 10.7 Å². The third-order valence-corrected chi connectivity index (χ3v) is 3.21. The maximum atomic E-state index is 6.17. The molecule has 0 radical (unpaired) electrons. The molecule has 0 spiro atoms. The van der Waals surface area contributed by atoms with Crippen LogP contribution in [0.15, 0.2) is 18.2 Å². The molecule has 1 unspecified atom stereocenters. The molecule has 2 heteroatoms. The fraction of sp³-hybridized carbons (Fsp3) is 0.571. The van der Waals surface area contributed by atoms with Crippen LogP contribution >= 0.6 is 11.6 Å². The maximum Gasteiger partial charge on any atom is 0.0637 e. The summed E-state index contributed by atoms with van der Waals surface area (Å²) < 4.78 is 0. The van der Waals surface area contributed by atoms with Crippen LogP contribution in [-0.4, -0.2) is 6.04 Å². The van der Waals surface area contributed by atoms with E-state index in [2.05, 4.69) is 32.2 Å². The first-order valence-corrected chi connectivity index (χ1v) is 6.57. The van der Waals surface area contributed by atoms with Crippen molar-refractivity contribution in [2.24, 2.45) is 0 Å². The number of halogens is 1.